The number of rotatable bonds is 1. The third-order valence-electron chi connectivity index (χ3n) is 4.79. The van der Waals surface area contributed by atoms with E-state index in [9.17, 15) is 5.11 Å². The SMILES string of the molecule is [2H]C([2H])([2H])C([2H])(N)C12CC3C[C@H](C1)C(O)[C@@H](C3)C2. The van der Waals surface area contributed by atoms with E-state index in [-0.39, 0.29) is 17.9 Å². The molecule has 4 unspecified atom stereocenters. The molecule has 3 N–H and O–H groups in total. The largest absolute Gasteiger partial charge is 0.393 e. The first-order valence-corrected chi connectivity index (χ1v) is 5.63. The normalized spacial score (nSPS) is 65.0. The molecule has 4 aliphatic carbocycles. The van der Waals surface area contributed by atoms with Gasteiger partial charge in [0.25, 0.3) is 0 Å². The molecule has 4 bridgehead atoms. The van der Waals surface area contributed by atoms with Gasteiger partial charge in [0.15, 0.2) is 0 Å². The van der Waals surface area contributed by atoms with Crippen molar-refractivity contribution in [3.63, 3.8) is 0 Å². The predicted octanol–water partition coefficient (Wildman–Crippen LogP) is 1.52. The fourth-order valence-electron chi connectivity index (χ4n) is 4.33. The van der Waals surface area contributed by atoms with Gasteiger partial charge < -0.3 is 10.8 Å². The summed E-state index contributed by atoms with van der Waals surface area (Å²) in [6.07, 6.45) is 3.64. The van der Waals surface area contributed by atoms with Crippen LogP contribution in [0.4, 0.5) is 0 Å². The molecule has 80 valence electrons. The van der Waals surface area contributed by atoms with Gasteiger partial charge in [0, 0.05) is 11.5 Å². The lowest BCUT2D eigenvalue weighted by molar-refractivity contribution is -0.140. The molecular weight excluding hydrogens is 174 g/mol. The zero-order valence-electron chi connectivity index (χ0n) is 12.4. The highest BCUT2D eigenvalue weighted by atomic mass is 16.3. The summed E-state index contributed by atoms with van der Waals surface area (Å²) in [6, 6.07) is -1.88. The van der Waals surface area contributed by atoms with Gasteiger partial charge in [0.2, 0.25) is 0 Å². The summed E-state index contributed by atoms with van der Waals surface area (Å²) in [5, 5.41) is 10.2. The standard InChI is InChI=1S/C12H21NO/c1-7(13)12-4-8-2-9(5-12)11(14)10(3-8)6-12/h7-11,14H,2-6,13H2,1H3/t7?,8?,9-,10+,11?,12?/i1D3,7D. The first kappa shape index (κ1) is 5.86. The van der Waals surface area contributed by atoms with Crippen molar-refractivity contribution in [3.05, 3.63) is 0 Å². The van der Waals surface area contributed by atoms with Crippen LogP contribution in [0.3, 0.4) is 0 Å². The molecule has 0 amide bonds. The van der Waals surface area contributed by atoms with Crippen molar-refractivity contribution < 1.29 is 10.6 Å². The van der Waals surface area contributed by atoms with E-state index < -0.39 is 18.3 Å². The molecule has 0 aliphatic heterocycles. The Bertz CT molecular complexity index is 352. The van der Waals surface area contributed by atoms with Crippen LogP contribution in [-0.4, -0.2) is 17.2 Å². The third kappa shape index (κ3) is 1.04. The maximum atomic E-state index is 10.2. The molecule has 0 aromatic carbocycles. The Balaban J connectivity index is 1.98. The summed E-state index contributed by atoms with van der Waals surface area (Å²) >= 11 is 0. The van der Waals surface area contributed by atoms with Gasteiger partial charge in [0.1, 0.15) is 0 Å². The molecule has 4 saturated carbocycles. The summed E-state index contributed by atoms with van der Waals surface area (Å²) in [5.74, 6) is 0.778. The van der Waals surface area contributed by atoms with Crippen molar-refractivity contribution in [2.45, 2.75) is 51.1 Å². The molecule has 2 nitrogen and oxygen atoms in total. The molecule has 0 aromatic rings. The Hall–Kier alpha value is -0.0800. The average Bonchev–Trinajstić information content (AvgIpc) is 2.22. The van der Waals surface area contributed by atoms with Crippen molar-refractivity contribution in [2.24, 2.45) is 28.9 Å². The van der Waals surface area contributed by atoms with Crippen molar-refractivity contribution in [2.75, 3.05) is 0 Å². The van der Waals surface area contributed by atoms with Gasteiger partial charge in [-0.1, -0.05) is 0 Å². The van der Waals surface area contributed by atoms with E-state index >= 15 is 0 Å². The van der Waals surface area contributed by atoms with Crippen LogP contribution in [0.25, 0.3) is 0 Å². The number of hydrogen-bond donors (Lipinski definition) is 2. The minimum absolute atomic E-state index is 0.159. The molecule has 2 heteroatoms. The van der Waals surface area contributed by atoms with Crippen LogP contribution in [0.1, 0.15) is 44.4 Å². The van der Waals surface area contributed by atoms with Crippen LogP contribution < -0.4 is 5.73 Å². The van der Waals surface area contributed by atoms with Crippen LogP contribution in [0.5, 0.6) is 0 Å². The van der Waals surface area contributed by atoms with Crippen LogP contribution in [0.15, 0.2) is 0 Å². The summed E-state index contributed by atoms with van der Waals surface area (Å²) in [5.41, 5.74) is 5.34. The first-order chi connectivity index (χ1) is 8.16. The number of aliphatic hydroxyl groups excluding tert-OH is 1. The van der Waals surface area contributed by atoms with Gasteiger partial charge in [-0.15, -0.1) is 0 Å². The van der Waals surface area contributed by atoms with Crippen LogP contribution in [-0.2, 0) is 0 Å². The molecule has 0 aromatic heterocycles. The third-order valence-corrected chi connectivity index (χ3v) is 4.79. The fourth-order valence-corrected chi connectivity index (χ4v) is 4.33. The van der Waals surface area contributed by atoms with E-state index in [1.165, 1.54) is 0 Å². The highest BCUT2D eigenvalue weighted by molar-refractivity contribution is 5.07. The minimum Gasteiger partial charge on any atom is -0.393 e. The maximum absolute atomic E-state index is 10.2. The smallest absolute Gasteiger partial charge is 0.0597 e. The molecule has 14 heavy (non-hydrogen) atoms. The highest BCUT2D eigenvalue weighted by Gasteiger charge is 2.56. The summed E-state index contributed by atoms with van der Waals surface area (Å²) in [4.78, 5) is 0. The number of nitrogens with two attached hydrogens (primary N) is 1. The fraction of sp³-hybridized carbons (Fsp3) is 1.00. The number of hydrogen-bond acceptors (Lipinski definition) is 2. The van der Waals surface area contributed by atoms with Gasteiger partial charge in [-0.05, 0) is 62.1 Å². The van der Waals surface area contributed by atoms with Crippen molar-refractivity contribution in [3.8, 4) is 0 Å². The maximum Gasteiger partial charge on any atom is 0.0597 e. The summed E-state index contributed by atoms with van der Waals surface area (Å²) in [7, 11) is 0. The Morgan fingerprint density at radius 3 is 2.64 bits per heavy atom. The van der Waals surface area contributed by atoms with Gasteiger partial charge in [-0.2, -0.15) is 0 Å². The van der Waals surface area contributed by atoms with E-state index in [0.717, 1.165) is 19.3 Å². The first-order valence-electron chi connectivity index (χ1n) is 7.63. The minimum atomic E-state index is -2.45. The topological polar surface area (TPSA) is 46.2 Å². The molecule has 0 radical (unpaired) electrons. The highest BCUT2D eigenvalue weighted by Crippen LogP contribution is 2.60. The van der Waals surface area contributed by atoms with Crippen molar-refractivity contribution in [1.82, 2.24) is 0 Å². The van der Waals surface area contributed by atoms with Crippen LogP contribution in [0, 0.1) is 23.2 Å². The lowest BCUT2D eigenvalue weighted by atomic mass is 9.47. The summed E-state index contributed by atoms with van der Waals surface area (Å²) < 4.78 is 31.0. The zero-order valence-corrected chi connectivity index (χ0v) is 8.37. The quantitative estimate of drug-likeness (QED) is 0.672. The second kappa shape index (κ2) is 2.73. The van der Waals surface area contributed by atoms with Crippen LogP contribution in [0.2, 0.25) is 0 Å². The molecule has 0 saturated heterocycles. The van der Waals surface area contributed by atoms with Gasteiger partial charge >= 0.3 is 0 Å². The molecule has 0 spiro atoms. The molecule has 4 aliphatic rings. The van der Waals surface area contributed by atoms with Gasteiger partial charge in [0.05, 0.1) is 6.10 Å². The van der Waals surface area contributed by atoms with Gasteiger partial charge in [-0.3, -0.25) is 0 Å². The van der Waals surface area contributed by atoms with Crippen LogP contribution >= 0.6 is 0 Å². The molecular formula is C12H21NO. The van der Waals surface area contributed by atoms with E-state index in [0.29, 0.717) is 18.8 Å². The average molecular weight is 199 g/mol. The number of aliphatic hydroxyl groups is 1. The van der Waals surface area contributed by atoms with Gasteiger partial charge in [-0.25, -0.2) is 0 Å². The molecule has 0 heterocycles. The Morgan fingerprint density at radius 1 is 1.43 bits per heavy atom. The van der Waals surface area contributed by atoms with Crippen molar-refractivity contribution in [1.29, 1.82) is 0 Å². The molecule has 4 rings (SSSR count). The monoisotopic (exact) mass is 199 g/mol. The van der Waals surface area contributed by atoms with E-state index in [1.54, 1.807) is 0 Å². The predicted molar refractivity (Wildman–Crippen MR) is 55.6 cm³/mol. The van der Waals surface area contributed by atoms with E-state index in [1.807, 2.05) is 0 Å². The lowest BCUT2D eigenvalue weighted by Gasteiger charge is -2.60. The molecule has 4 fully saturated rings. The Morgan fingerprint density at radius 2 is 2.07 bits per heavy atom. The summed E-state index contributed by atoms with van der Waals surface area (Å²) in [6.45, 7) is -2.45. The Kier molecular flexibility index (Phi) is 1.14. The Labute approximate surface area is 91.5 Å². The molecule has 6 atom stereocenters. The second-order valence-electron chi connectivity index (χ2n) is 5.65. The van der Waals surface area contributed by atoms with E-state index in [2.05, 4.69) is 0 Å². The zero-order chi connectivity index (χ0) is 13.3. The van der Waals surface area contributed by atoms with E-state index in [4.69, 9.17) is 11.2 Å². The van der Waals surface area contributed by atoms with Crippen molar-refractivity contribution >= 4 is 0 Å². The second-order valence-corrected chi connectivity index (χ2v) is 5.65. The lowest BCUT2D eigenvalue weighted by Crippen LogP contribution is -2.58.